The lowest BCUT2D eigenvalue weighted by Gasteiger charge is -2.11. The van der Waals surface area contributed by atoms with Crippen LogP contribution in [0.15, 0.2) is 74.9 Å². The molecule has 0 N–H and O–H groups in total. The summed E-state index contributed by atoms with van der Waals surface area (Å²) in [4.78, 5) is 16.8. The van der Waals surface area contributed by atoms with Crippen LogP contribution in [0.5, 0.6) is 0 Å². The van der Waals surface area contributed by atoms with E-state index in [9.17, 15) is 22.0 Å². The second kappa shape index (κ2) is 6.89. The van der Waals surface area contributed by atoms with E-state index in [0.717, 1.165) is 18.4 Å². The molecule has 0 atom stereocenters. The van der Waals surface area contributed by atoms with Gasteiger partial charge in [0.15, 0.2) is 9.84 Å². The molecule has 4 rings (SSSR count). The van der Waals surface area contributed by atoms with E-state index >= 15 is 0 Å². The molecule has 0 spiro atoms. The summed E-state index contributed by atoms with van der Waals surface area (Å²) in [6.45, 7) is 0. The van der Waals surface area contributed by atoms with Crippen LogP contribution in [0.1, 0.15) is 0 Å². The maximum Gasteiger partial charge on any atom is 0.212 e. The van der Waals surface area contributed by atoms with E-state index in [1.54, 1.807) is 0 Å². The standard InChI is InChI=1S/C21H13F2NO4S/c1-29(26,27)15-6-2-12(3-7-15)21-19(13-4-9-18(23)24-11-13)20(25)16-10-14(22)5-8-17(16)28-21/h2-11H,1H3. The largest absolute Gasteiger partial charge is 0.455 e. The number of nitrogens with zero attached hydrogens (tertiary/aromatic N) is 1. The van der Waals surface area contributed by atoms with E-state index in [1.165, 1.54) is 48.7 Å². The Morgan fingerprint density at radius 2 is 1.62 bits per heavy atom. The highest BCUT2D eigenvalue weighted by Crippen LogP contribution is 2.33. The van der Waals surface area contributed by atoms with Gasteiger partial charge in [0.25, 0.3) is 0 Å². The van der Waals surface area contributed by atoms with Gasteiger partial charge < -0.3 is 4.42 Å². The van der Waals surface area contributed by atoms with Gasteiger partial charge in [-0.15, -0.1) is 0 Å². The van der Waals surface area contributed by atoms with Crippen molar-refractivity contribution in [3.8, 4) is 22.5 Å². The van der Waals surface area contributed by atoms with E-state index in [1.807, 2.05) is 0 Å². The molecule has 0 unspecified atom stereocenters. The van der Waals surface area contributed by atoms with Gasteiger partial charge in [0.05, 0.1) is 15.8 Å². The summed E-state index contributed by atoms with van der Waals surface area (Å²) in [5.74, 6) is -1.18. The third-order valence-corrected chi connectivity index (χ3v) is 5.54. The lowest BCUT2D eigenvalue weighted by Crippen LogP contribution is -2.08. The summed E-state index contributed by atoms with van der Waals surface area (Å²) in [6.07, 6.45) is 2.27. The monoisotopic (exact) mass is 413 g/mol. The number of hydrogen-bond acceptors (Lipinski definition) is 5. The van der Waals surface area contributed by atoms with Crippen LogP contribution in [0.4, 0.5) is 8.78 Å². The number of fused-ring (bicyclic) bond motifs is 1. The highest BCUT2D eigenvalue weighted by molar-refractivity contribution is 7.90. The van der Waals surface area contributed by atoms with Crippen LogP contribution in [-0.2, 0) is 9.84 Å². The first-order chi connectivity index (χ1) is 13.7. The lowest BCUT2D eigenvalue weighted by molar-refractivity contribution is 0.584. The lowest BCUT2D eigenvalue weighted by atomic mass is 9.99. The molecule has 0 aliphatic carbocycles. The zero-order valence-corrected chi connectivity index (χ0v) is 15.8. The Hall–Kier alpha value is -3.39. The molecule has 2 aromatic carbocycles. The molecular weight excluding hydrogens is 400 g/mol. The summed E-state index contributed by atoms with van der Waals surface area (Å²) in [7, 11) is -3.40. The van der Waals surface area contributed by atoms with Crippen LogP contribution in [0.25, 0.3) is 33.4 Å². The minimum atomic E-state index is -3.40. The molecule has 0 aliphatic heterocycles. The van der Waals surface area contributed by atoms with Crippen LogP contribution in [-0.4, -0.2) is 19.7 Å². The average Bonchev–Trinajstić information content (AvgIpc) is 2.69. The third kappa shape index (κ3) is 3.54. The number of aromatic nitrogens is 1. The molecule has 0 fully saturated rings. The van der Waals surface area contributed by atoms with Crippen molar-refractivity contribution in [2.45, 2.75) is 4.90 Å². The maximum atomic E-state index is 13.7. The van der Waals surface area contributed by atoms with Gasteiger partial charge in [-0.2, -0.15) is 4.39 Å². The normalized spacial score (nSPS) is 11.7. The van der Waals surface area contributed by atoms with Crippen molar-refractivity contribution >= 4 is 20.8 Å². The Kier molecular flexibility index (Phi) is 4.50. The van der Waals surface area contributed by atoms with Gasteiger partial charge in [0, 0.05) is 23.6 Å². The van der Waals surface area contributed by atoms with Crippen LogP contribution < -0.4 is 5.43 Å². The summed E-state index contributed by atoms with van der Waals surface area (Å²) >= 11 is 0. The first-order valence-electron chi connectivity index (χ1n) is 8.43. The summed E-state index contributed by atoms with van der Waals surface area (Å²) in [5, 5.41) is 0.0285. The molecule has 4 aromatic rings. The summed E-state index contributed by atoms with van der Waals surface area (Å²) in [5.41, 5.74) is 0.440. The molecule has 0 radical (unpaired) electrons. The van der Waals surface area contributed by atoms with Crippen molar-refractivity contribution < 1.29 is 21.6 Å². The first-order valence-corrected chi connectivity index (χ1v) is 10.3. The predicted octanol–water partition coefficient (Wildman–Crippen LogP) is 4.20. The molecular formula is C21H13F2NO4S. The topological polar surface area (TPSA) is 77.2 Å². The number of sulfone groups is 1. The Morgan fingerprint density at radius 3 is 2.24 bits per heavy atom. The molecule has 0 saturated heterocycles. The fourth-order valence-electron chi connectivity index (χ4n) is 3.01. The Morgan fingerprint density at radius 1 is 0.931 bits per heavy atom. The molecule has 146 valence electrons. The van der Waals surface area contributed by atoms with Gasteiger partial charge >= 0.3 is 0 Å². The Labute approximate surface area is 164 Å². The Balaban J connectivity index is 2.04. The highest BCUT2D eigenvalue weighted by Gasteiger charge is 2.19. The van der Waals surface area contributed by atoms with Gasteiger partial charge in [0.1, 0.15) is 17.2 Å². The molecule has 0 aliphatic rings. The SMILES string of the molecule is CS(=O)(=O)c1ccc(-c2oc3ccc(F)cc3c(=O)c2-c2ccc(F)nc2)cc1. The molecule has 2 heterocycles. The van der Waals surface area contributed by atoms with Gasteiger partial charge in [-0.3, -0.25) is 4.79 Å². The highest BCUT2D eigenvalue weighted by atomic mass is 32.2. The van der Waals surface area contributed by atoms with Crippen molar-refractivity contribution in [2.75, 3.05) is 6.26 Å². The van der Waals surface area contributed by atoms with Crippen molar-refractivity contribution in [1.82, 2.24) is 4.98 Å². The maximum absolute atomic E-state index is 13.7. The van der Waals surface area contributed by atoms with Gasteiger partial charge in [0.2, 0.25) is 11.4 Å². The van der Waals surface area contributed by atoms with Crippen molar-refractivity contribution in [3.63, 3.8) is 0 Å². The van der Waals surface area contributed by atoms with Gasteiger partial charge in [-0.1, -0.05) is 0 Å². The molecule has 0 saturated carbocycles. The summed E-state index contributed by atoms with van der Waals surface area (Å²) < 4.78 is 56.3. The molecule has 5 nitrogen and oxygen atoms in total. The van der Waals surface area contributed by atoms with Gasteiger partial charge in [-0.25, -0.2) is 17.8 Å². The molecule has 2 aromatic heterocycles. The van der Waals surface area contributed by atoms with Gasteiger partial charge in [-0.05, 0) is 54.6 Å². The zero-order chi connectivity index (χ0) is 20.8. The minimum Gasteiger partial charge on any atom is -0.455 e. The number of halogens is 2. The van der Waals surface area contributed by atoms with Crippen molar-refractivity contribution in [2.24, 2.45) is 0 Å². The van der Waals surface area contributed by atoms with E-state index in [4.69, 9.17) is 4.42 Å². The fraction of sp³-hybridized carbons (Fsp3) is 0.0476. The number of hydrogen-bond donors (Lipinski definition) is 0. The molecule has 8 heteroatoms. The fourth-order valence-corrected chi connectivity index (χ4v) is 3.64. The van der Waals surface area contributed by atoms with E-state index in [0.29, 0.717) is 5.56 Å². The van der Waals surface area contributed by atoms with E-state index < -0.39 is 27.0 Å². The molecule has 29 heavy (non-hydrogen) atoms. The second-order valence-corrected chi connectivity index (χ2v) is 8.46. The third-order valence-electron chi connectivity index (χ3n) is 4.41. The quantitative estimate of drug-likeness (QED) is 0.471. The van der Waals surface area contributed by atoms with Crippen LogP contribution in [0.2, 0.25) is 0 Å². The second-order valence-electron chi connectivity index (χ2n) is 6.44. The smallest absolute Gasteiger partial charge is 0.212 e. The van der Waals surface area contributed by atoms with E-state index in [2.05, 4.69) is 4.98 Å². The van der Waals surface area contributed by atoms with Crippen molar-refractivity contribution in [1.29, 1.82) is 0 Å². The van der Waals surface area contributed by atoms with Crippen LogP contribution in [0, 0.1) is 11.8 Å². The zero-order valence-electron chi connectivity index (χ0n) is 15.0. The number of benzene rings is 2. The summed E-state index contributed by atoms with van der Waals surface area (Å²) in [6, 6.07) is 11.8. The first kappa shape index (κ1) is 18.9. The molecule has 0 amide bonds. The number of rotatable bonds is 3. The minimum absolute atomic E-state index is 0.0285. The van der Waals surface area contributed by atoms with Crippen LogP contribution >= 0.6 is 0 Å². The predicted molar refractivity (Wildman–Crippen MR) is 104 cm³/mol. The Bertz CT molecular complexity index is 1390. The van der Waals surface area contributed by atoms with Crippen LogP contribution in [0.3, 0.4) is 0 Å². The van der Waals surface area contributed by atoms with E-state index in [-0.39, 0.29) is 32.8 Å². The van der Waals surface area contributed by atoms with Crippen molar-refractivity contribution in [3.05, 3.63) is 82.8 Å². The average molecular weight is 413 g/mol. The molecule has 0 bridgehead atoms. The number of pyridine rings is 1.